The highest BCUT2D eigenvalue weighted by Crippen LogP contribution is 2.35. The number of sulfonamides is 1. The molecule has 2 unspecified atom stereocenters. The molecule has 1 heterocycles. The van der Waals surface area contributed by atoms with E-state index in [-0.39, 0.29) is 34.8 Å². The minimum atomic E-state index is -3.51. The number of hydrogen-bond acceptors (Lipinski definition) is 3. The molecule has 0 aromatic carbocycles. The van der Waals surface area contributed by atoms with Gasteiger partial charge in [0, 0.05) is 18.8 Å². The maximum absolute atomic E-state index is 12.1. The van der Waals surface area contributed by atoms with Crippen LogP contribution in [0.25, 0.3) is 0 Å². The largest absolute Gasteiger partial charge is 0.274 e. The molecule has 0 aromatic heterocycles. The van der Waals surface area contributed by atoms with E-state index in [9.17, 15) is 13.2 Å². The standard InChI is InChI=1S/C12H22ClNO3S/c1-9(6-13)8-18(16,17)14-7-10(5-11(14)15)12(2,3)4/h9-10H,5-8H2,1-4H3. The monoisotopic (exact) mass is 295 g/mol. The van der Waals surface area contributed by atoms with Gasteiger partial charge in [0.15, 0.2) is 0 Å². The molecule has 0 saturated carbocycles. The minimum absolute atomic E-state index is 0.0564. The second-order valence-corrected chi connectivity index (χ2v) is 8.48. The lowest BCUT2D eigenvalue weighted by atomic mass is 9.80. The van der Waals surface area contributed by atoms with Crippen LogP contribution in [0.4, 0.5) is 0 Å². The summed E-state index contributed by atoms with van der Waals surface area (Å²) in [7, 11) is -3.51. The zero-order valence-corrected chi connectivity index (χ0v) is 13.0. The summed E-state index contributed by atoms with van der Waals surface area (Å²) in [4.78, 5) is 11.9. The van der Waals surface area contributed by atoms with Gasteiger partial charge in [-0.15, -0.1) is 11.6 Å². The molecule has 0 N–H and O–H groups in total. The van der Waals surface area contributed by atoms with Crippen molar-refractivity contribution < 1.29 is 13.2 Å². The van der Waals surface area contributed by atoms with Crippen LogP contribution in [-0.4, -0.2) is 36.8 Å². The fourth-order valence-electron chi connectivity index (χ4n) is 2.02. The Kier molecular flexibility index (Phi) is 4.70. The van der Waals surface area contributed by atoms with Gasteiger partial charge in [-0.1, -0.05) is 27.7 Å². The molecular formula is C12H22ClNO3S. The minimum Gasteiger partial charge on any atom is -0.274 e. The topological polar surface area (TPSA) is 54.5 Å². The molecule has 1 saturated heterocycles. The summed E-state index contributed by atoms with van der Waals surface area (Å²) in [6, 6.07) is 0. The van der Waals surface area contributed by atoms with Gasteiger partial charge < -0.3 is 0 Å². The van der Waals surface area contributed by atoms with Crippen molar-refractivity contribution in [2.75, 3.05) is 18.2 Å². The zero-order valence-electron chi connectivity index (χ0n) is 11.4. The molecule has 4 nitrogen and oxygen atoms in total. The summed E-state index contributed by atoms with van der Waals surface area (Å²) < 4.78 is 25.3. The van der Waals surface area contributed by atoms with E-state index in [1.807, 2.05) is 20.8 Å². The maximum Gasteiger partial charge on any atom is 0.237 e. The van der Waals surface area contributed by atoms with Gasteiger partial charge in [0.2, 0.25) is 15.9 Å². The molecule has 6 heteroatoms. The molecule has 0 radical (unpaired) electrons. The van der Waals surface area contributed by atoms with Crippen LogP contribution in [0, 0.1) is 17.3 Å². The molecule has 1 rings (SSSR count). The first-order valence-corrected chi connectivity index (χ1v) is 8.31. The van der Waals surface area contributed by atoms with Crippen LogP contribution in [0.2, 0.25) is 0 Å². The predicted molar refractivity (Wildman–Crippen MR) is 72.9 cm³/mol. The molecule has 0 bridgehead atoms. The number of nitrogens with zero attached hydrogens (tertiary/aromatic N) is 1. The Morgan fingerprint density at radius 2 is 2.00 bits per heavy atom. The van der Waals surface area contributed by atoms with Crippen LogP contribution in [0.3, 0.4) is 0 Å². The normalized spacial score (nSPS) is 23.5. The molecule has 1 aliphatic heterocycles. The SMILES string of the molecule is CC(CCl)CS(=O)(=O)N1CC(C(C)(C)C)CC1=O. The van der Waals surface area contributed by atoms with E-state index >= 15 is 0 Å². The van der Waals surface area contributed by atoms with Crippen molar-refractivity contribution in [3.8, 4) is 0 Å². The molecule has 2 atom stereocenters. The highest BCUT2D eigenvalue weighted by atomic mass is 35.5. The molecule has 0 spiro atoms. The Balaban J connectivity index is 2.82. The van der Waals surface area contributed by atoms with Crippen molar-refractivity contribution in [3.63, 3.8) is 0 Å². The third-order valence-electron chi connectivity index (χ3n) is 3.40. The maximum atomic E-state index is 12.1. The number of hydrogen-bond donors (Lipinski definition) is 0. The first kappa shape index (κ1) is 15.8. The highest BCUT2D eigenvalue weighted by Gasteiger charge is 2.42. The van der Waals surface area contributed by atoms with Crippen molar-refractivity contribution in [2.45, 2.75) is 34.1 Å². The molecule has 106 valence electrons. The fraction of sp³-hybridized carbons (Fsp3) is 0.917. The average Bonchev–Trinajstić information content (AvgIpc) is 2.59. The van der Waals surface area contributed by atoms with Gasteiger partial charge in [0.25, 0.3) is 0 Å². The highest BCUT2D eigenvalue weighted by molar-refractivity contribution is 7.89. The van der Waals surface area contributed by atoms with E-state index in [0.29, 0.717) is 13.0 Å². The summed E-state index contributed by atoms with van der Waals surface area (Å²) in [5.74, 6) is -0.107. The van der Waals surface area contributed by atoms with Crippen molar-refractivity contribution in [2.24, 2.45) is 17.3 Å². The fourth-order valence-corrected chi connectivity index (χ4v) is 4.07. The van der Waals surface area contributed by atoms with Crippen LogP contribution in [0.15, 0.2) is 0 Å². The molecule has 1 fully saturated rings. The summed E-state index contributed by atoms with van der Waals surface area (Å²) >= 11 is 5.63. The summed E-state index contributed by atoms with van der Waals surface area (Å²) in [5, 5.41) is 0. The Bertz CT molecular complexity index is 414. The number of rotatable bonds is 4. The number of carbonyl (C=O) groups excluding carboxylic acids is 1. The van der Waals surface area contributed by atoms with E-state index < -0.39 is 10.0 Å². The summed E-state index contributed by atoms with van der Waals surface area (Å²) in [6.45, 7) is 8.17. The van der Waals surface area contributed by atoms with Gasteiger partial charge in [-0.2, -0.15) is 0 Å². The Labute approximate surface area is 115 Å². The zero-order chi connectivity index (χ0) is 14.1. The van der Waals surface area contributed by atoms with Crippen molar-refractivity contribution in [1.29, 1.82) is 0 Å². The third kappa shape index (κ3) is 3.60. The first-order chi connectivity index (χ1) is 8.08. The number of halogens is 1. The summed E-state index contributed by atoms with van der Waals surface area (Å²) in [6.07, 6.45) is 0.317. The van der Waals surface area contributed by atoms with Gasteiger partial charge in [-0.25, -0.2) is 12.7 Å². The third-order valence-corrected chi connectivity index (χ3v) is 5.95. The van der Waals surface area contributed by atoms with Crippen molar-refractivity contribution >= 4 is 27.5 Å². The lowest BCUT2D eigenvalue weighted by molar-refractivity contribution is -0.123. The van der Waals surface area contributed by atoms with E-state index in [4.69, 9.17) is 11.6 Å². The predicted octanol–water partition coefficient (Wildman–Crippen LogP) is 2.09. The van der Waals surface area contributed by atoms with Crippen molar-refractivity contribution in [1.82, 2.24) is 4.31 Å². The van der Waals surface area contributed by atoms with Gasteiger partial charge in [-0.05, 0) is 17.3 Å². The summed E-state index contributed by atoms with van der Waals surface area (Å²) in [5.41, 5.74) is -0.0575. The molecule has 1 amide bonds. The van der Waals surface area contributed by atoms with Gasteiger partial charge in [0.05, 0.1) is 5.75 Å². The van der Waals surface area contributed by atoms with Crippen LogP contribution in [0.1, 0.15) is 34.1 Å². The molecule has 0 aliphatic carbocycles. The average molecular weight is 296 g/mol. The van der Waals surface area contributed by atoms with E-state index in [0.717, 1.165) is 4.31 Å². The van der Waals surface area contributed by atoms with E-state index in [2.05, 4.69) is 0 Å². The Hall–Kier alpha value is -0.290. The number of carbonyl (C=O) groups is 1. The number of alkyl halides is 1. The van der Waals surface area contributed by atoms with E-state index in [1.165, 1.54) is 0 Å². The molecular weight excluding hydrogens is 274 g/mol. The number of amides is 1. The van der Waals surface area contributed by atoms with E-state index in [1.54, 1.807) is 6.92 Å². The first-order valence-electron chi connectivity index (χ1n) is 6.17. The smallest absolute Gasteiger partial charge is 0.237 e. The van der Waals surface area contributed by atoms with Gasteiger partial charge >= 0.3 is 0 Å². The van der Waals surface area contributed by atoms with Crippen LogP contribution in [-0.2, 0) is 14.8 Å². The Morgan fingerprint density at radius 1 is 1.44 bits per heavy atom. The van der Waals surface area contributed by atoms with Gasteiger partial charge in [0.1, 0.15) is 0 Å². The lowest BCUT2D eigenvalue weighted by Gasteiger charge is -2.26. The molecule has 1 aliphatic rings. The molecule has 0 aromatic rings. The quantitative estimate of drug-likeness (QED) is 0.746. The van der Waals surface area contributed by atoms with Crippen LogP contribution >= 0.6 is 11.6 Å². The Morgan fingerprint density at radius 3 is 2.39 bits per heavy atom. The molecule has 18 heavy (non-hydrogen) atoms. The van der Waals surface area contributed by atoms with Crippen LogP contribution in [0.5, 0.6) is 0 Å². The second kappa shape index (κ2) is 5.37. The van der Waals surface area contributed by atoms with Gasteiger partial charge in [-0.3, -0.25) is 4.79 Å². The van der Waals surface area contributed by atoms with Crippen molar-refractivity contribution in [3.05, 3.63) is 0 Å². The lowest BCUT2D eigenvalue weighted by Crippen LogP contribution is -2.37. The second-order valence-electron chi connectivity index (χ2n) is 6.23. The van der Waals surface area contributed by atoms with Crippen LogP contribution < -0.4 is 0 Å².